The normalized spacial score (nSPS) is 19.4. The van der Waals surface area contributed by atoms with Gasteiger partial charge in [-0.1, -0.05) is 13.8 Å². The first kappa shape index (κ1) is 16.8. The van der Waals surface area contributed by atoms with E-state index in [0.29, 0.717) is 13.2 Å². The van der Waals surface area contributed by atoms with Gasteiger partial charge in [0, 0.05) is 24.7 Å². The lowest BCUT2D eigenvalue weighted by Gasteiger charge is -2.29. The van der Waals surface area contributed by atoms with Crippen molar-refractivity contribution in [2.75, 3.05) is 13.2 Å². The molecular weight excluding hydrogens is 260 g/mol. The maximum absolute atomic E-state index is 11.5. The highest BCUT2D eigenvalue weighted by molar-refractivity contribution is 6.06. The van der Waals surface area contributed by atoms with Crippen LogP contribution in [0.3, 0.4) is 0 Å². The monoisotopic (exact) mass is 284 g/mol. The molecule has 1 atom stereocenters. The van der Waals surface area contributed by atoms with Crippen LogP contribution in [0, 0.1) is 10.8 Å². The van der Waals surface area contributed by atoms with Crippen molar-refractivity contribution in [3.8, 4) is 0 Å². The first-order chi connectivity index (χ1) is 9.31. The van der Waals surface area contributed by atoms with Crippen LogP contribution in [0.5, 0.6) is 0 Å². The smallest absolute Gasteiger partial charge is 0.232 e. The lowest BCUT2D eigenvalue weighted by molar-refractivity contribution is -0.171. The van der Waals surface area contributed by atoms with Crippen LogP contribution < -0.4 is 5.32 Å². The highest BCUT2D eigenvalue weighted by Gasteiger charge is 2.28. The van der Waals surface area contributed by atoms with Gasteiger partial charge in [0.05, 0.1) is 13.0 Å². The molecule has 0 saturated carbocycles. The minimum Gasteiger partial charge on any atom is -0.353 e. The number of ether oxygens (including phenoxy) is 2. The van der Waals surface area contributed by atoms with Gasteiger partial charge in [-0.3, -0.25) is 14.9 Å². The number of imide groups is 1. The minimum atomic E-state index is -0.561. The third-order valence-corrected chi connectivity index (χ3v) is 3.24. The summed E-state index contributed by atoms with van der Waals surface area (Å²) >= 11 is 0. The number of carbonyl (C=O) groups is 2. The molecule has 6 heteroatoms. The number of rotatable bonds is 6. The minimum absolute atomic E-state index is 0.0958. The molecule has 1 aliphatic heterocycles. The maximum Gasteiger partial charge on any atom is 0.232 e. The van der Waals surface area contributed by atoms with E-state index in [0.717, 1.165) is 19.3 Å². The van der Waals surface area contributed by atoms with Crippen molar-refractivity contribution in [2.45, 2.75) is 52.7 Å². The standard InChI is InChI=1S/C14H24N2O4/c1-10(17)16-12(18)8-11(15)14(2,3)9-20-13-6-4-5-7-19-13/h13,15H,4-9H2,1-3H3,(H,16,17,18). The zero-order chi connectivity index (χ0) is 15.2. The molecule has 1 heterocycles. The summed E-state index contributed by atoms with van der Waals surface area (Å²) in [4.78, 5) is 22.3. The highest BCUT2D eigenvalue weighted by atomic mass is 16.7. The zero-order valence-corrected chi connectivity index (χ0v) is 12.5. The molecule has 2 N–H and O–H groups in total. The molecule has 114 valence electrons. The summed E-state index contributed by atoms with van der Waals surface area (Å²) in [7, 11) is 0. The summed E-state index contributed by atoms with van der Waals surface area (Å²) in [5, 5.41) is 10.2. The molecule has 0 bridgehead atoms. The van der Waals surface area contributed by atoms with Crippen LogP contribution in [-0.2, 0) is 19.1 Å². The predicted octanol–water partition coefficient (Wildman–Crippen LogP) is 1.63. The highest BCUT2D eigenvalue weighted by Crippen LogP contribution is 2.22. The predicted molar refractivity (Wildman–Crippen MR) is 74.5 cm³/mol. The van der Waals surface area contributed by atoms with E-state index >= 15 is 0 Å². The molecule has 1 rings (SSSR count). The van der Waals surface area contributed by atoms with Gasteiger partial charge in [0.1, 0.15) is 0 Å². The third-order valence-electron chi connectivity index (χ3n) is 3.24. The van der Waals surface area contributed by atoms with Crippen molar-refractivity contribution in [3.05, 3.63) is 0 Å². The first-order valence-electron chi connectivity index (χ1n) is 6.93. The maximum atomic E-state index is 11.5. The average molecular weight is 284 g/mol. The average Bonchev–Trinajstić information content (AvgIpc) is 2.36. The Balaban J connectivity index is 2.39. The fraction of sp³-hybridized carbons (Fsp3) is 0.786. The molecule has 0 aliphatic carbocycles. The quantitative estimate of drug-likeness (QED) is 0.725. The number of hydrogen-bond acceptors (Lipinski definition) is 5. The molecule has 0 aromatic heterocycles. The van der Waals surface area contributed by atoms with Gasteiger partial charge in [0.15, 0.2) is 6.29 Å². The lowest BCUT2D eigenvalue weighted by atomic mass is 9.86. The molecule has 1 fully saturated rings. The van der Waals surface area contributed by atoms with Crippen molar-refractivity contribution < 1.29 is 19.1 Å². The molecule has 1 saturated heterocycles. The van der Waals surface area contributed by atoms with Crippen molar-refractivity contribution in [1.29, 1.82) is 5.41 Å². The Hall–Kier alpha value is -1.27. The SMILES string of the molecule is CC(=O)NC(=O)CC(=N)C(C)(C)COC1CCCCO1. The summed E-state index contributed by atoms with van der Waals surface area (Å²) in [6.07, 6.45) is 2.71. The van der Waals surface area contributed by atoms with Crippen LogP contribution in [0.25, 0.3) is 0 Å². The Bertz CT molecular complexity index is 373. The molecule has 6 nitrogen and oxygen atoms in total. The molecule has 0 spiro atoms. The molecule has 20 heavy (non-hydrogen) atoms. The van der Waals surface area contributed by atoms with E-state index in [1.807, 2.05) is 13.8 Å². The third kappa shape index (κ3) is 5.79. The van der Waals surface area contributed by atoms with Crippen LogP contribution >= 0.6 is 0 Å². The van der Waals surface area contributed by atoms with E-state index in [1.165, 1.54) is 6.92 Å². The van der Waals surface area contributed by atoms with E-state index < -0.39 is 17.2 Å². The van der Waals surface area contributed by atoms with Crippen molar-refractivity contribution in [1.82, 2.24) is 5.32 Å². The number of nitrogens with one attached hydrogen (secondary N) is 2. The van der Waals surface area contributed by atoms with Crippen molar-refractivity contribution in [3.63, 3.8) is 0 Å². The number of hydrogen-bond donors (Lipinski definition) is 2. The van der Waals surface area contributed by atoms with Gasteiger partial charge in [-0.2, -0.15) is 0 Å². The summed E-state index contributed by atoms with van der Waals surface area (Å²) in [6, 6.07) is 0. The largest absolute Gasteiger partial charge is 0.353 e. The van der Waals surface area contributed by atoms with Crippen LogP contribution in [0.4, 0.5) is 0 Å². The molecule has 0 aromatic carbocycles. The Morgan fingerprint density at radius 3 is 2.65 bits per heavy atom. The molecular formula is C14H24N2O4. The van der Waals surface area contributed by atoms with Crippen LogP contribution in [0.15, 0.2) is 0 Å². The topological polar surface area (TPSA) is 88.5 Å². The van der Waals surface area contributed by atoms with Gasteiger partial charge in [-0.15, -0.1) is 0 Å². The van der Waals surface area contributed by atoms with Gasteiger partial charge in [-0.25, -0.2) is 0 Å². The number of amides is 2. The molecule has 1 unspecified atom stereocenters. The van der Waals surface area contributed by atoms with E-state index in [4.69, 9.17) is 14.9 Å². The fourth-order valence-corrected chi connectivity index (χ4v) is 1.87. The van der Waals surface area contributed by atoms with E-state index in [9.17, 15) is 9.59 Å². The summed E-state index contributed by atoms with van der Waals surface area (Å²) in [5.41, 5.74) is -0.318. The van der Waals surface area contributed by atoms with E-state index in [-0.39, 0.29) is 18.4 Å². The van der Waals surface area contributed by atoms with Crippen molar-refractivity contribution in [2.24, 2.45) is 5.41 Å². The van der Waals surface area contributed by atoms with Gasteiger partial charge >= 0.3 is 0 Å². The van der Waals surface area contributed by atoms with Gasteiger partial charge in [0.2, 0.25) is 11.8 Å². The lowest BCUT2D eigenvalue weighted by Crippen LogP contribution is -2.37. The zero-order valence-electron chi connectivity index (χ0n) is 12.5. The molecule has 0 aromatic rings. The second-order valence-electron chi connectivity index (χ2n) is 5.75. The molecule has 2 amide bonds. The Labute approximate surface area is 119 Å². The Morgan fingerprint density at radius 2 is 2.10 bits per heavy atom. The fourth-order valence-electron chi connectivity index (χ4n) is 1.87. The second-order valence-corrected chi connectivity index (χ2v) is 5.75. The van der Waals surface area contributed by atoms with Gasteiger partial charge in [-0.05, 0) is 19.3 Å². The Kier molecular flexibility index (Phi) is 6.29. The van der Waals surface area contributed by atoms with Crippen LogP contribution in [-0.4, -0.2) is 37.0 Å². The van der Waals surface area contributed by atoms with Crippen molar-refractivity contribution >= 4 is 17.5 Å². The number of carbonyl (C=O) groups excluding carboxylic acids is 2. The van der Waals surface area contributed by atoms with Crippen LogP contribution in [0.1, 0.15) is 46.5 Å². The summed E-state index contributed by atoms with van der Waals surface area (Å²) in [5.74, 6) is -0.864. The second kappa shape index (κ2) is 7.50. The van der Waals surface area contributed by atoms with Gasteiger partial charge < -0.3 is 14.9 Å². The van der Waals surface area contributed by atoms with E-state index in [2.05, 4.69) is 5.32 Å². The summed E-state index contributed by atoms with van der Waals surface area (Å²) < 4.78 is 11.1. The molecule has 0 radical (unpaired) electrons. The van der Waals surface area contributed by atoms with Gasteiger partial charge in [0.25, 0.3) is 0 Å². The first-order valence-corrected chi connectivity index (χ1v) is 6.93. The van der Waals surface area contributed by atoms with Crippen LogP contribution in [0.2, 0.25) is 0 Å². The van der Waals surface area contributed by atoms with E-state index in [1.54, 1.807) is 0 Å². The Morgan fingerprint density at radius 1 is 1.40 bits per heavy atom. The summed E-state index contributed by atoms with van der Waals surface area (Å²) in [6.45, 7) is 6.00. The molecule has 1 aliphatic rings.